The Bertz CT molecular complexity index is 1260. The quantitative estimate of drug-likeness (QED) is 0.472. The van der Waals surface area contributed by atoms with E-state index in [2.05, 4.69) is 10.6 Å². The summed E-state index contributed by atoms with van der Waals surface area (Å²) in [6.45, 7) is 1.20. The lowest BCUT2D eigenvalue weighted by Crippen LogP contribution is -2.27. The molecule has 1 aliphatic carbocycles. The summed E-state index contributed by atoms with van der Waals surface area (Å²) in [4.78, 5) is 5.24. The molecule has 1 aliphatic heterocycles. The van der Waals surface area contributed by atoms with Gasteiger partial charge in [-0.1, -0.05) is 36.7 Å². The van der Waals surface area contributed by atoms with E-state index in [1.807, 2.05) is 30.3 Å². The van der Waals surface area contributed by atoms with Crippen molar-refractivity contribution in [3.8, 4) is 6.07 Å². The fourth-order valence-corrected chi connectivity index (χ4v) is 7.31. The molecule has 8 heteroatoms. The average Bonchev–Trinajstić information content (AvgIpc) is 3.58. The number of hydrogen-bond acceptors (Lipinski definition) is 5. The Labute approximate surface area is 193 Å². The number of sulfonamides is 1. The molecule has 2 fully saturated rings. The van der Waals surface area contributed by atoms with Crippen LogP contribution in [0.2, 0.25) is 0 Å². The summed E-state index contributed by atoms with van der Waals surface area (Å²) in [5.41, 5.74) is 3.55. The van der Waals surface area contributed by atoms with Gasteiger partial charge in [-0.15, -0.1) is 0 Å². The van der Waals surface area contributed by atoms with Gasteiger partial charge in [0.1, 0.15) is 0 Å². The van der Waals surface area contributed by atoms with Crippen LogP contribution in [0.5, 0.6) is 0 Å². The number of nitriles is 1. The maximum atomic E-state index is 13.1. The number of imidazole rings is 1. The molecule has 0 radical (unpaired) electrons. The first kappa shape index (κ1) is 21.5. The molecule has 32 heavy (non-hydrogen) atoms. The van der Waals surface area contributed by atoms with Crippen molar-refractivity contribution >= 4 is 32.8 Å². The molecule has 1 saturated heterocycles. The van der Waals surface area contributed by atoms with E-state index in [1.54, 1.807) is 28.2 Å². The van der Waals surface area contributed by atoms with E-state index in [0.29, 0.717) is 29.6 Å². The van der Waals surface area contributed by atoms with Crippen molar-refractivity contribution in [3.05, 3.63) is 53.6 Å². The molecule has 2 aliphatic rings. The number of rotatable bonds is 6. The van der Waals surface area contributed by atoms with Crippen molar-refractivity contribution in [1.82, 2.24) is 13.9 Å². The molecule has 0 bridgehead atoms. The number of thioether (sulfide) groups is 1. The zero-order chi connectivity index (χ0) is 22.1. The highest BCUT2D eigenvalue weighted by Crippen LogP contribution is 2.38. The Balaban J connectivity index is 1.49. The van der Waals surface area contributed by atoms with Crippen molar-refractivity contribution in [1.29, 1.82) is 5.26 Å². The molecule has 3 aromatic rings. The first-order valence-corrected chi connectivity index (χ1v) is 13.6. The van der Waals surface area contributed by atoms with Crippen molar-refractivity contribution in [2.75, 3.05) is 13.1 Å². The minimum absolute atomic E-state index is 0.339. The van der Waals surface area contributed by atoms with Crippen molar-refractivity contribution in [2.45, 2.75) is 60.4 Å². The molecule has 5 rings (SSSR count). The number of aromatic nitrogens is 2. The topological polar surface area (TPSA) is 79.0 Å². The second-order valence-electron chi connectivity index (χ2n) is 8.56. The maximum Gasteiger partial charge on any atom is 0.243 e. The summed E-state index contributed by atoms with van der Waals surface area (Å²) in [6, 6.07) is 15.6. The summed E-state index contributed by atoms with van der Waals surface area (Å²) in [5, 5.41) is 9.95. The molecule has 0 unspecified atom stereocenters. The van der Waals surface area contributed by atoms with Gasteiger partial charge in [0, 0.05) is 24.9 Å². The molecule has 166 valence electrons. The molecule has 1 aromatic heterocycles. The standard InChI is InChI=1S/C24H26N4O2S2/c25-16-18-7-9-19(10-8-18)17-31-24-26-22-15-21(32(29,30)27-13-3-4-14-27)11-12-23(22)28(24)20-5-1-2-6-20/h7-12,15,20H,1-6,13-14,17H2. The zero-order valence-corrected chi connectivity index (χ0v) is 19.5. The van der Waals surface area contributed by atoms with Gasteiger partial charge < -0.3 is 4.57 Å². The SMILES string of the molecule is N#Cc1ccc(CSc2nc3cc(S(=O)(=O)N4CCCC4)ccc3n2C2CCCC2)cc1. The first-order valence-electron chi connectivity index (χ1n) is 11.2. The fraction of sp³-hybridized carbons (Fsp3) is 0.417. The molecular formula is C24H26N4O2S2. The summed E-state index contributed by atoms with van der Waals surface area (Å²) in [5.74, 6) is 0.751. The largest absolute Gasteiger partial charge is 0.316 e. The van der Waals surface area contributed by atoms with Crippen LogP contribution < -0.4 is 0 Å². The third-order valence-corrected chi connectivity index (χ3v) is 9.39. The fourth-order valence-electron chi connectivity index (χ4n) is 4.74. The van der Waals surface area contributed by atoms with Gasteiger partial charge in [0.2, 0.25) is 10.0 Å². The predicted molar refractivity (Wildman–Crippen MR) is 126 cm³/mol. The van der Waals surface area contributed by atoms with Crippen LogP contribution in [-0.4, -0.2) is 35.4 Å². The van der Waals surface area contributed by atoms with E-state index >= 15 is 0 Å². The second-order valence-corrected chi connectivity index (χ2v) is 11.4. The molecular weight excluding hydrogens is 440 g/mol. The summed E-state index contributed by atoms with van der Waals surface area (Å²) < 4.78 is 30.0. The Morgan fingerprint density at radius 2 is 1.75 bits per heavy atom. The van der Waals surface area contributed by atoms with E-state index in [0.717, 1.165) is 53.2 Å². The number of nitrogens with zero attached hydrogens (tertiary/aromatic N) is 4. The van der Waals surface area contributed by atoms with Crippen LogP contribution in [0.4, 0.5) is 0 Å². The number of fused-ring (bicyclic) bond motifs is 1. The van der Waals surface area contributed by atoms with Crippen molar-refractivity contribution in [2.24, 2.45) is 0 Å². The number of hydrogen-bond donors (Lipinski definition) is 0. The molecule has 1 saturated carbocycles. The van der Waals surface area contributed by atoms with Gasteiger partial charge in [-0.3, -0.25) is 0 Å². The monoisotopic (exact) mass is 466 g/mol. The van der Waals surface area contributed by atoms with Gasteiger partial charge >= 0.3 is 0 Å². The Kier molecular flexibility index (Phi) is 5.97. The highest BCUT2D eigenvalue weighted by Gasteiger charge is 2.29. The van der Waals surface area contributed by atoms with E-state index < -0.39 is 10.0 Å². The van der Waals surface area contributed by atoms with Gasteiger partial charge in [0.15, 0.2) is 5.16 Å². The van der Waals surface area contributed by atoms with Crippen molar-refractivity contribution in [3.63, 3.8) is 0 Å². The van der Waals surface area contributed by atoms with Crippen LogP contribution in [0, 0.1) is 11.3 Å². The van der Waals surface area contributed by atoms with Crippen LogP contribution in [0.1, 0.15) is 55.7 Å². The van der Waals surface area contributed by atoms with Gasteiger partial charge in [-0.25, -0.2) is 13.4 Å². The van der Waals surface area contributed by atoms with E-state index in [9.17, 15) is 8.42 Å². The maximum absolute atomic E-state index is 13.1. The highest BCUT2D eigenvalue weighted by atomic mass is 32.2. The van der Waals surface area contributed by atoms with Crippen LogP contribution in [-0.2, 0) is 15.8 Å². The summed E-state index contributed by atoms with van der Waals surface area (Å²) in [6.07, 6.45) is 6.53. The normalized spacial score (nSPS) is 17.8. The smallest absolute Gasteiger partial charge is 0.243 e. The van der Waals surface area contributed by atoms with E-state index in [-0.39, 0.29) is 0 Å². The minimum atomic E-state index is -3.46. The molecule has 6 nitrogen and oxygen atoms in total. The summed E-state index contributed by atoms with van der Waals surface area (Å²) >= 11 is 1.67. The Hall–Kier alpha value is -2.34. The van der Waals surface area contributed by atoms with Crippen molar-refractivity contribution < 1.29 is 8.42 Å². The molecule has 0 N–H and O–H groups in total. The van der Waals surface area contributed by atoms with E-state index in [1.165, 1.54) is 12.8 Å². The molecule has 2 heterocycles. The lowest BCUT2D eigenvalue weighted by molar-refractivity contribution is 0.477. The molecule has 2 aromatic carbocycles. The highest BCUT2D eigenvalue weighted by molar-refractivity contribution is 7.98. The Morgan fingerprint density at radius 1 is 1.03 bits per heavy atom. The Morgan fingerprint density at radius 3 is 2.44 bits per heavy atom. The molecule has 0 atom stereocenters. The summed E-state index contributed by atoms with van der Waals surface area (Å²) in [7, 11) is -3.46. The molecule has 0 spiro atoms. The van der Waals surface area contributed by atoms with Gasteiger partial charge in [-0.05, 0) is 61.6 Å². The lowest BCUT2D eigenvalue weighted by atomic mass is 10.2. The van der Waals surface area contributed by atoms with Crippen LogP contribution in [0.15, 0.2) is 52.5 Å². The first-order chi connectivity index (χ1) is 15.6. The van der Waals surface area contributed by atoms with Crippen LogP contribution in [0.3, 0.4) is 0 Å². The minimum Gasteiger partial charge on any atom is -0.316 e. The van der Waals surface area contributed by atoms with Crippen LogP contribution >= 0.6 is 11.8 Å². The molecule has 0 amide bonds. The predicted octanol–water partition coefficient (Wildman–Crippen LogP) is 5.10. The van der Waals surface area contributed by atoms with Crippen LogP contribution in [0.25, 0.3) is 11.0 Å². The second kappa shape index (κ2) is 8.89. The average molecular weight is 467 g/mol. The third kappa shape index (κ3) is 4.05. The number of benzene rings is 2. The third-order valence-electron chi connectivity index (χ3n) is 6.47. The van der Waals surface area contributed by atoms with Gasteiger partial charge in [-0.2, -0.15) is 9.57 Å². The zero-order valence-electron chi connectivity index (χ0n) is 17.9. The van der Waals surface area contributed by atoms with Gasteiger partial charge in [0.05, 0.1) is 27.6 Å². The van der Waals surface area contributed by atoms with Gasteiger partial charge in [0.25, 0.3) is 0 Å². The van der Waals surface area contributed by atoms with E-state index in [4.69, 9.17) is 10.2 Å². The lowest BCUT2D eigenvalue weighted by Gasteiger charge is -2.17.